The second-order valence-electron chi connectivity index (χ2n) is 3.95. The molecule has 1 aromatic heterocycles. The molecule has 96 valence electrons. The first-order chi connectivity index (χ1) is 8.70. The third-order valence-electron chi connectivity index (χ3n) is 2.65. The van der Waals surface area contributed by atoms with Gasteiger partial charge in [-0.1, -0.05) is 0 Å². The summed E-state index contributed by atoms with van der Waals surface area (Å²) in [5.41, 5.74) is 2.86. The fourth-order valence-electron chi connectivity index (χ4n) is 1.66. The predicted octanol–water partition coefficient (Wildman–Crippen LogP) is 2.87. The number of nitrogens with zero attached hydrogens (tertiary/aromatic N) is 1. The van der Waals surface area contributed by atoms with E-state index in [9.17, 15) is 4.39 Å². The topological polar surface area (TPSA) is 49.9 Å². The highest BCUT2D eigenvalue weighted by Crippen LogP contribution is 2.26. The van der Waals surface area contributed by atoms with E-state index in [0.29, 0.717) is 18.9 Å². The minimum atomic E-state index is -0.302. The van der Waals surface area contributed by atoms with E-state index >= 15 is 0 Å². The third-order valence-corrected chi connectivity index (χ3v) is 2.65. The van der Waals surface area contributed by atoms with Crippen LogP contribution in [0.4, 0.5) is 10.1 Å². The highest BCUT2D eigenvalue weighted by Gasteiger charge is 2.06. The lowest BCUT2D eigenvalue weighted by Crippen LogP contribution is -2.03. The monoisotopic (exact) mass is 249 g/mol. The average molecular weight is 249 g/mol. The zero-order valence-electron chi connectivity index (χ0n) is 10.5. The SMILES string of the molecule is CCOc1cc(F)ccc1NCc1cn[nH]c1C. The van der Waals surface area contributed by atoms with E-state index in [0.717, 1.165) is 16.9 Å². The van der Waals surface area contributed by atoms with Crippen LogP contribution in [-0.2, 0) is 6.54 Å². The molecule has 0 aliphatic heterocycles. The van der Waals surface area contributed by atoms with Gasteiger partial charge in [0.25, 0.3) is 0 Å². The summed E-state index contributed by atoms with van der Waals surface area (Å²) in [4.78, 5) is 0. The summed E-state index contributed by atoms with van der Waals surface area (Å²) in [5.74, 6) is 0.224. The zero-order chi connectivity index (χ0) is 13.0. The molecule has 1 heterocycles. The minimum absolute atomic E-state index is 0.302. The van der Waals surface area contributed by atoms with Crippen LogP contribution in [-0.4, -0.2) is 16.8 Å². The Kier molecular flexibility index (Phi) is 3.82. The molecule has 1 aromatic carbocycles. The van der Waals surface area contributed by atoms with Crippen molar-refractivity contribution >= 4 is 5.69 Å². The van der Waals surface area contributed by atoms with Crippen LogP contribution >= 0.6 is 0 Å². The largest absolute Gasteiger partial charge is 0.492 e. The molecule has 0 aliphatic rings. The third kappa shape index (κ3) is 2.80. The van der Waals surface area contributed by atoms with E-state index in [1.165, 1.54) is 12.1 Å². The summed E-state index contributed by atoms with van der Waals surface area (Å²) < 4.78 is 18.5. The molecule has 0 bridgehead atoms. The van der Waals surface area contributed by atoms with Gasteiger partial charge in [-0.2, -0.15) is 5.10 Å². The highest BCUT2D eigenvalue weighted by atomic mass is 19.1. The van der Waals surface area contributed by atoms with Gasteiger partial charge in [0.1, 0.15) is 11.6 Å². The summed E-state index contributed by atoms with van der Waals surface area (Å²) in [6, 6.07) is 4.47. The fourth-order valence-corrected chi connectivity index (χ4v) is 1.66. The van der Waals surface area contributed by atoms with Crippen molar-refractivity contribution in [3.63, 3.8) is 0 Å². The lowest BCUT2D eigenvalue weighted by molar-refractivity contribution is 0.340. The van der Waals surface area contributed by atoms with Crippen molar-refractivity contribution < 1.29 is 9.13 Å². The molecule has 18 heavy (non-hydrogen) atoms. The van der Waals surface area contributed by atoms with Gasteiger partial charge in [-0.05, 0) is 26.0 Å². The van der Waals surface area contributed by atoms with Gasteiger partial charge in [-0.25, -0.2) is 4.39 Å². The normalized spacial score (nSPS) is 10.4. The average Bonchev–Trinajstić information content (AvgIpc) is 2.74. The number of hydrogen-bond donors (Lipinski definition) is 2. The van der Waals surface area contributed by atoms with Crippen molar-refractivity contribution in [2.75, 3.05) is 11.9 Å². The highest BCUT2D eigenvalue weighted by molar-refractivity contribution is 5.56. The van der Waals surface area contributed by atoms with Crippen LogP contribution in [0.3, 0.4) is 0 Å². The van der Waals surface area contributed by atoms with Crippen LogP contribution in [0.15, 0.2) is 24.4 Å². The lowest BCUT2D eigenvalue weighted by Gasteiger charge is -2.12. The number of H-pyrrole nitrogens is 1. The Bertz CT molecular complexity index is 525. The van der Waals surface area contributed by atoms with Gasteiger partial charge in [0, 0.05) is 23.9 Å². The van der Waals surface area contributed by atoms with E-state index in [1.807, 2.05) is 13.8 Å². The molecule has 2 aromatic rings. The van der Waals surface area contributed by atoms with E-state index in [-0.39, 0.29) is 5.82 Å². The van der Waals surface area contributed by atoms with Crippen molar-refractivity contribution in [1.82, 2.24) is 10.2 Å². The maximum Gasteiger partial charge on any atom is 0.145 e. The van der Waals surface area contributed by atoms with Gasteiger partial charge in [0.15, 0.2) is 0 Å². The number of halogens is 1. The molecule has 2 N–H and O–H groups in total. The van der Waals surface area contributed by atoms with Crippen LogP contribution in [0.25, 0.3) is 0 Å². The lowest BCUT2D eigenvalue weighted by atomic mass is 10.2. The zero-order valence-corrected chi connectivity index (χ0v) is 10.5. The molecular formula is C13H16FN3O. The minimum Gasteiger partial charge on any atom is -0.492 e. The Balaban J connectivity index is 2.11. The fraction of sp³-hybridized carbons (Fsp3) is 0.308. The Hall–Kier alpha value is -2.04. The van der Waals surface area contributed by atoms with Gasteiger partial charge < -0.3 is 10.1 Å². The number of rotatable bonds is 5. The van der Waals surface area contributed by atoms with Gasteiger partial charge in [0.2, 0.25) is 0 Å². The molecule has 4 nitrogen and oxygen atoms in total. The van der Waals surface area contributed by atoms with Crippen molar-refractivity contribution in [2.45, 2.75) is 20.4 Å². The van der Waals surface area contributed by atoms with Gasteiger partial charge in [0.05, 0.1) is 18.5 Å². The van der Waals surface area contributed by atoms with Crippen LogP contribution in [0.1, 0.15) is 18.2 Å². The van der Waals surface area contributed by atoms with Gasteiger partial charge in [-0.15, -0.1) is 0 Å². The van der Waals surface area contributed by atoms with Crippen LogP contribution < -0.4 is 10.1 Å². The second kappa shape index (κ2) is 5.53. The van der Waals surface area contributed by atoms with Crippen molar-refractivity contribution in [3.8, 4) is 5.75 Å². The summed E-state index contributed by atoms with van der Waals surface area (Å²) in [6.45, 7) is 4.95. The molecule has 0 amide bonds. The summed E-state index contributed by atoms with van der Waals surface area (Å²) in [5, 5.41) is 10.0. The molecule has 0 radical (unpaired) electrons. The smallest absolute Gasteiger partial charge is 0.145 e. The quantitative estimate of drug-likeness (QED) is 0.856. The summed E-state index contributed by atoms with van der Waals surface area (Å²) in [6.07, 6.45) is 1.77. The molecule has 5 heteroatoms. The first-order valence-corrected chi connectivity index (χ1v) is 5.85. The standard InChI is InChI=1S/C13H16FN3O/c1-3-18-13-6-11(14)4-5-12(13)15-7-10-8-16-17-9(10)2/h4-6,8,15H,3,7H2,1-2H3,(H,16,17). The van der Waals surface area contributed by atoms with E-state index in [2.05, 4.69) is 15.5 Å². The van der Waals surface area contributed by atoms with E-state index < -0.39 is 0 Å². The maximum atomic E-state index is 13.1. The van der Waals surface area contributed by atoms with Crippen molar-refractivity contribution in [3.05, 3.63) is 41.5 Å². The molecule has 0 spiro atoms. The first kappa shape index (κ1) is 12.4. The molecule has 0 fully saturated rings. The second-order valence-corrected chi connectivity index (χ2v) is 3.95. The van der Waals surface area contributed by atoms with Gasteiger partial charge >= 0.3 is 0 Å². The Labute approximate surface area is 105 Å². The van der Waals surface area contributed by atoms with Crippen LogP contribution in [0.5, 0.6) is 5.75 Å². The molecule has 0 unspecified atom stereocenters. The van der Waals surface area contributed by atoms with Crippen LogP contribution in [0.2, 0.25) is 0 Å². The number of benzene rings is 1. The summed E-state index contributed by atoms with van der Waals surface area (Å²) >= 11 is 0. The first-order valence-electron chi connectivity index (χ1n) is 5.85. The van der Waals surface area contributed by atoms with Crippen LogP contribution in [0, 0.1) is 12.7 Å². The molecular weight excluding hydrogens is 233 g/mol. The van der Waals surface area contributed by atoms with Crippen molar-refractivity contribution in [2.24, 2.45) is 0 Å². The number of anilines is 1. The van der Waals surface area contributed by atoms with E-state index in [4.69, 9.17) is 4.74 Å². The maximum absolute atomic E-state index is 13.1. The van der Waals surface area contributed by atoms with E-state index in [1.54, 1.807) is 12.3 Å². The van der Waals surface area contributed by atoms with Crippen molar-refractivity contribution in [1.29, 1.82) is 0 Å². The molecule has 0 atom stereocenters. The number of aromatic amines is 1. The Morgan fingerprint density at radius 3 is 2.94 bits per heavy atom. The predicted molar refractivity (Wildman–Crippen MR) is 68.2 cm³/mol. The molecule has 2 rings (SSSR count). The number of hydrogen-bond acceptors (Lipinski definition) is 3. The molecule has 0 saturated heterocycles. The van der Waals surface area contributed by atoms with Gasteiger partial charge in [-0.3, -0.25) is 5.10 Å². The summed E-state index contributed by atoms with van der Waals surface area (Å²) in [7, 11) is 0. The molecule has 0 aliphatic carbocycles. The Morgan fingerprint density at radius 2 is 2.28 bits per heavy atom. The number of aromatic nitrogens is 2. The molecule has 0 saturated carbocycles. The number of nitrogens with one attached hydrogen (secondary N) is 2. The number of ether oxygens (including phenoxy) is 1. The Morgan fingerprint density at radius 1 is 1.44 bits per heavy atom. The number of aryl methyl sites for hydroxylation is 1.